The van der Waals surface area contributed by atoms with Crippen molar-refractivity contribution in [1.82, 2.24) is 24.4 Å². The number of methoxy groups -OCH3 is 1. The topological polar surface area (TPSA) is 135 Å². The van der Waals surface area contributed by atoms with Crippen LogP contribution >= 0.6 is 19.2 Å². The van der Waals surface area contributed by atoms with Crippen LogP contribution in [0, 0.1) is 0 Å². The first-order valence-corrected chi connectivity index (χ1v) is 12.2. The van der Waals surface area contributed by atoms with Crippen molar-refractivity contribution in [3.8, 4) is 0 Å². The summed E-state index contributed by atoms with van der Waals surface area (Å²) in [6.45, 7) is 6.39. The van der Waals surface area contributed by atoms with Gasteiger partial charge in [-0.2, -0.15) is 9.97 Å². The molecule has 0 aromatic carbocycles. The number of carbonyl (C=O) groups is 1. The number of halogens is 1. The standard InChI is InChI=1S/C18H30ClN6O5P/c1-4-29-31(27,30-5-2)12-11-24(8-6-7-14(26)28-3)9-10-25-13-21-15-16(19)22-18(20)23-17(15)25/h13H,4-12H2,1-3H3,(H2,20,22,23). The average Bonchev–Trinajstić information content (AvgIpc) is 3.13. The van der Waals surface area contributed by atoms with E-state index in [-0.39, 0.29) is 23.2 Å². The summed E-state index contributed by atoms with van der Waals surface area (Å²) in [5, 5.41) is 0.200. The number of carbonyl (C=O) groups excluding carboxylic acids is 1. The molecule has 0 atom stereocenters. The quantitative estimate of drug-likeness (QED) is 0.246. The summed E-state index contributed by atoms with van der Waals surface area (Å²) < 4.78 is 30.1. The molecule has 0 aliphatic carbocycles. The fourth-order valence-electron chi connectivity index (χ4n) is 3.05. The Morgan fingerprint density at radius 3 is 2.58 bits per heavy atom. The van der Waals surface area contributed by atoms with Gasteiger partial charge in [0.15, 0.2) is 10.8 Å². The second kappa shape index (κ2) is 12.3. The number of nitrogens with two attached hydrogens (primary N) is 1. The van der Waals surface area contributed by atoms with Crippen LogP contribution < -0.4 is 5.73 Å². The number of esters is 1. The highest BCUT2D eigenvalue weighted by Crippen LogP contribution is 2.47. The van der Waals surface area contributed by atoms with Gasteiger partial charge in [-0.05, 0) is 26.8 Å². The number of nitrogen functional groups attached to an aromatic ring is 1. The summed E-state index contributed by atoms with van der Waals surface area (Å²) in [7, 11) is -1.81. The number of fused-ring (bicyclic) bond motifs is 1. The van der Waals surface area contributed by atoms with Gasteiger partial charge < -0.3 is 29.0 Å². The lowest BCUT2D eigenvalue weighted by atomic mass is 10.3. The van der Waals surface area contributed by atoms with Crippen molar-refractivity contribution in [2.75, 3.05) is 51.9 Å². The van der Waals surface area contributed by atoms with E-state index in [2.05, 4.69) is 19.9 Å². The fraction of sp³-hybridized carbons (Fsp3) is 0.667. The third-order valence-electron chi connectivity index (χ3n) is 4.52. The lowest BCUT2D eigenvalue weighted by molar-refractivity contribution is -0.140. The molecule has 11 nitrogen and oxygen atoms in total. The van der Waals surface area contributed by atoms with E-state index in [1.165, 1.54) is 7.11 Å². The fourth-order valence-corrected chi connectivity index (χ4v) is 4.91. The molecule has 0 bridgehead atoms. The minimum atomic E-state index is -3.17. The summed E-state index contributed by atoms with van der Waals surface area (Å²) >= 11 is 6.09. The van der Waals surface area contributed by atoms with Crippen LogP contribution in [0.5, 0.6) is 0 Å². The summed E-state index contributed by atoms with van der Waals surface area (Å²) in [6.07, 6.45) is 2.78. The Balaban J connectivity index is 2.07. The molecule has 0 fully saturated rings. The monoisotopic (exact) mass is 476 g/mol. The Kier molecular flexibility index (Phi) is 10.1. The number of anilines is 1. The van der Waals surface area contributed by atoms with E-state index in [0.29, 0.717) is 63.4 Å². The van der Waals surface area contributed by atoms with Crippen molar-refractivity contribution in [2.24, 2.45) is 0 Å². The molecule has 0 amide bonds. The Bertz CT molecular complexity index is 901. The molecule has 2 N–H and O–H groups in total. The summed E-state index contributed by atoms with van der Waals surface area (Å²) in [6, 6.07) is 0. The molecule has 0 aliphatic rings. The highest BCUT2D eigenvalue weighted by atomic mass is 35.5. The number of aromatic nitrogens is 4. The van der Waals surface area contributed by atoms with Gasteiger partial charge in [0, 0.05) is 26.1 Å². The maximum Gasteiger partial charge on any atom is 0.331 e. The second-order valence-corrected chi connectivity index (χ2v) is 9.22. The van der Waals surface area contributed by atoms with E-state index in [0.717, 1.165) is 0 Å². The van der Waals surface area contributed by atoms with Crippen LogP contribution in [0.25, 0.3) is 11.2 Å². The Morgan fingerprint density at radius 2 is 1.94 bits per heavy atom. The highest BCUT2D eigenvalue weighted by Gasteiger charge is 2.24. The zero-order valence-electron chi connectivity index (χ0n) is 18.1. The van der Waals surface area contributed by atoms with Crippen LogP contribution in [-0.2, 0) is 29.7 Å². The molecular weight excluding hydrogens is 447 g/mol. The summed E-state index contributed by atoms with van der Waals surface area (Å²) in [5.41, 5.74) is 6.73. The van der Waals surface area contributed by atoms with Crippen molar-refractivity contribution < 1.29 is 23.1 Å². The van der Waals surface area contributed by atoms with E-state index in [1.54, 1.807) is 20.2 Å². The summed E-state index contributed by atoms with van der Waals surface area (Å²) in [5.74, 6) is -0.194. The normalized spacial score (nSPS) is 12.0. The molecule has 0 radical (unpaired) electrons. The van der Waals surface area contributed by atoms with Crippen LogP contribution in [0.1, 0.15) is 26.7 Å². The SMILES string of the molecule is CCOP(=O)(CCN(CCCC(=O)OC)CCn1cnc2c(Cl)nc(N)nc21)OCC. The number of nitrogens with zero attached hydrogens (tertiary/aromatic N) is 5. The van der Waals surface area contributed by atoms with Crippen molar-refractivity contribution in [3.63, 3.8) is 0 Å². The van der Waals surface area contributed by atoms with Gasteiger partial charge in [-0.1, -0.05) is 11.6 Å². The van der Waals surface area contributed by atoms with Crippen LogP contribution in [0.3, 0.4) is 0 Å². The molecule has 174 valence electrons. The lowest BCUT2D eigenvalue weighted by Gasteiger charge is -2.25. The smallest absolute Gasteiger partial charge is 0.331 e. The predicted molar refractivity (Wildman–Crippen MR) is 118 cm³/mol. The van der Waals surface area contributed by atoms with Crippen molar-refractivity contribution in [1.29, 1.82) is 0 Å². The second-order valence-electron chi connectivity index (χ2n) is 6.67. The van der Waals surface area contributed by atoms with E-state index in [4.69, 9.17) is 31.1 Å². The van der Waals surface area contributed by atoms with Crippen molar-refractivity contribution in [2.45, 2.75) is 33.2 Å². The van der Waals surface area contributed by atoms with Crippen LogP contribution in [0.4, 0.5) is 5.95 Å². The molecule has 13 heteroatoms. The molecule has 0 unspecified atom stereocenters. The number of ether oxygens (including phenoxy) is 1. The maximum absolute atomic E-state index is 12.8. The largest absolute Gasteiger partial charge is 0.469 e. The predicted octanol–water partition coefficient (Wildman–Crippen LogP) is 2.58. The highest BCUT2D eigenvalue weighted by molar-refractivity contribution is 7.53. The summed E-state index contributed by atoms with van der Waals surface area (Å²) in [4.78, 5) is 25.9. The zero-order chi connectivity index (χ0) is 22.9. The maximum atomic E-state index is 12.8. The molecule has 0 spiro atoms. The molecule has 2 aromatic heterocycles. The first-order valence-electron chi connectivity index (χ1n) is 10.1. The number of hydrogen-bond donors (Lipinski definition) is 1. The third kappa shape index (κ3) is 7.69. The van der Waals surface area contributed by atoms with Crippen molar-refractivity contribution >= 4 is 42.3 Å². The van der Waals surface area contributed by atoms with Crippen LogP contribution in [-0.4, -0.2) is 76.5 Å². The Morgan fingerprint density at radius 1 is 1.23 bits per heavy atom. The molecule has 0 aliphatic heterocycles. The molecule has 2 aromatic rings. The van der Waals surface area contributed by atoms with Gasteiger partial charge in [-0.3, -0.25) is 9.36 Å². The van der Waals surface area contributed by atoms with Crippen LogP contribution in [0.15, 0.2) is 6.33 Å². The molecule has 0 saturated heterocycles. The van der Waals surface area contributed by atoms with E-state index < -0.39 is 7.60 Å². The molecule has 2 heterocycles. The first kappa shape index (κ1) is 25.5. The molecular formula is C18H30ClN6O5P. The minimum Gasteiger partial charge on any atom is -0.469 e. The molecule has 2 rings (SSSR count). The van der Waals surface area contributed by atoms with Gasteiger partial charge >= 0.3 is 13.6 Å². The van der Waals surface area contributed by atoms with Crippen LogP contribution in [0.2, 0.25) is 5.15 Å². The number of hydrogen-bond acceptors (Lipinski definition) is 10. The average molecular weight is 477 g/mol. The van der Waals surface area contributed by atoms with Gasteiger partial charge in [0.2, 0.25) is 5.95 Å². The van der Waals surface area contributed by atoms with Gasteiger partial charge in [0.1, 0.15) is 5.52 Å². The van der Waals surface area contributed by atoms with Gasteiger partial charge in [-0.25, -0.2) is 4.98 Å². The van der Waals surface area contributed by atoms with Crippen molar-refractivity contribution in [3.05, 3.63) is 11.5 Å². The lowest BCUT2D eigenvalue weighted by Crippen LogP contribution is -2.32. The van der Waals surface area contributed by atoms with Gasteiger partial charge in [-0.15, -0.1) is 0 Å². The molecule has 0 saturated carbocycles. The number of imidazole rings is 1. The zero-order valence-corrected chi connectivity index (χ0v) is 19.8. The van der Waals surface area contributed by atoms with E-state index >= 15 is 0 Å². The Labute approximate surface area is 186 Å². The van der Waals surface area contributed by atoms with Gasteiger partial charge in [0.05, 0.1) is 32.8 Å². The number of rotatable bonds is 14. The minimum absolute atomic E-state index is 0.0727. The third-order valence-corrected chi connectivity index (χ3v) is 6.83. The van der Waals surface area contributed by atoms with E-state index in [1.807, 2.05) is 4.57 Å². The molecule has 31 heavy (non-hydrogen) atoms. The van der Waals surface area contributed by atoms with E-state index in [9.17, 15) is 9.36 Å². The Hall–Kier alpha value is -1.78. The van der Waals surface area contributed by atoms with Gasteiger partial charge in [0.25, 0.3) is 0 Å². The first-order chi connectivity index (χ1) is 14.8.